The van der Waals surface area contributed by atoms with Crippen molar-refractivity contribution in [1.29, 1.82) is 0 Å². The Morgan fingerprint density at radius 3 is 2.76 bits per heavy atom. The number of aryl methyl sites for hydroxylation is 1. The first-order chi connectivity index (χ1) is 8.11. The zero-order valence-corrected chi connectivity index (χ0v) is 11.9. The van der Waals surface area contributed by atoms with Crippen LogP contribution in [0.15, 0.2) is 28.9 Å². The molecule has 0 amide bonds. The third-order valence-corrected chi connectivity index (χ3v) is 3.61. The van der Waals surface area contributed by atoms with Crippen LogP contribution in [0.2, 0.25) is 0 Å². The van der Waals surface area contributed by atoms with Gasteiger partial charge >= 0.3 is 0 Å². The van der Waals surface area contributed by atoms with Crippen LogP contribution in [0, 0.1) is 11.6 Å². The second-order valence-corrected chi connectivity index (χ2v) is 4.86. The highest BCUT2D eigenvalue weighted by molar-refractivity contribution is 9.10. The summed E-state index contributed by atoms with van der Waals surface area (Å²) in [6.07, 6.45) is 1.70. The number of aromatic nitrogens is 2. The summed E-state index contributed by atoms with van der Waals surface area (Å²) >= 11 is 8.48. The van der Waals surface area contributed by atoms with Crippen LogP contribution >= 0.6 is 28.1 Å². The number of halogens is 1. The van der Waals surface area contributed by atoms with Gasteiger partial charge in [-0.25, -0.2) is 4.98 Å². The molecule has 88 valence electrons. The van der Waals surface area contributed by atoms with Gasteiger partial charge in [0.2, 0.25) is 0 Å². The number of nitrogens with zero attached hydrogens (tertiary/aromatic N) is 1. The van der Waals surface area contributed by atoms with E-state index < -0.39 is 0 Å². The van der Waals surface area contributed by atoms with Gasteiger partial charge in [0.15, 0.2) is 0 Å². The molecule has 0 unspecified atom stereocenters. The summed E-state index contributed by atoms with van der Waals surface area (Å²) in [4.78, 5) is 7.37. The van der Waals surface area contributed by atoms with Crippen molar-refractivity contribution in [3.8, 4) is 17.1 Å². The maximum atomic E-state index is 5.22. The molecule has 1 aromatic carbocycles. The van der Waals surface area contributed by atoms with E-state index in [-0.39, 0.29) is 0 Å². The molecule has 0 radical (unpaired) electrons. The monoisotopic (exact) mass is 310 g/mol. The molecule has 1 heterocycles. The minimum atomic E-state index is 0.642. The molecule has 1 N–H and O–H groups in total. The fraction of sp³-hybridized carbons (Fsp3) is 0.167. The molecule has 0 aliphatic carbocycles. The number of aromatic amines is 1. The minimum Gasteiger partial charge on any atom is -0.496 e. The zero-order chi connectivity index (χ0) is 12.4. The Balaban J connectivity index is 2.50. The van der Waals surface area contributed by atoms with Crippen molar-refractivity contribution in [2.75, 3.05) is 7.11 Å². The van der Waals surface area contributed by atoms with Gasteiger partial charge in [-0.15, -0.1) is 0 Å². The molecule has 0 aliphatic heterocycles. The maximum absolute atomic E-state index is 5.22. The van der Waals surface area contributed by atoms with E-state index in [0.29, 0.717) is 4.64 Å². The number of hydrogen-bond acceptors (Lipinski definition) is 3. The molecule has 0 saturated carbocycles. The van der Waals surface area contributed by atoms with E-state index >= 15 is 0 Å². The van der Waals surface area contributed by atoms with Gasteiger partial charge in [-0.05, 0) is 46.6 Å². The lowest BCUT2D eigenvalue weighted by Crippen LogP contribution is -1.92. The lowest BCUT2D eigenvalue weighted by atomic mass is 10.1. The molecular weight excluding hydrogens is 300 g/mol. The Labute approximate surface area is 113 Å². The largest absolute Gasteiger partial charge is 0.496 e. The van der Waals surface area contributed by atoms with E-state index in [2.05, 4.69) is 25.9 Å². The van der Waals surface area contributed by atoms with Crippen LogP contribution in [0.5, 0.6) is 5.75 Å². The van der Waals surface area contributed by atoms with Gasteiger partial charge in [0.1, 0.15) is 16.2 Å². The predicted molar refractivity (Wildman–Crippen MR) is 73.8 cm³/mol. The van der Waals surface area contributed by atoms with Gasteiger partial charge in [0, 0.05) is 11.8 Å². The Kier molecular flexibility index (Phi) is 3.59. The summed E-state index contributed by atoms with van der Waals surface area (Å²) < 4.78 is 6.66. The van der Waals surface area contributed by atoms with Crippen molar-refractivity contribution < 1.29 is 4.74 Å². The maximum Gasteiger partial charge on any atom is 0.138 e. The number of benzene rings is 1. The second-order valence-electron chi connectivity index (χ2n) is 3.59. The first-order valence-electron chi connectivity index (χ1n) is 5.01. The second kappa shape index (κ2) is 4.98. The molecule has 0 bridgehead atoms. The molecule has 5 heteroatoms. The average Bonchev–Trinajstić information content (AvgIpc) is 2.32. The minimum absolute atomic E-state index is 0.642. The van der Waals surface area contributed by atoms with Crippen LogP contribution in [0.4, 0.5) is 0 Å². The van der Waals surface area contributed by atoms with Crippen molar-refractivity contribution >= 4 is 28.1 Å². The molecule has 17 heavy (non-hydrogen) atoms. The quantitative estimate of drug-likeness (QED) is 0.855. The smallest absolute Gasteiger partial charge is 0.138 e. The van der Waals surface area contributed by atoms with Crippen molar-refractivity contribution in [2.45, 2.75) is 6.92 Å². The molecule has 0 aliphatic rings. The number of ether oxygens (including phenoxy) is 1. The van der Waals surface area contributed by atoms with Crippen molar-refractivity contribution in [1.82, 2.24) is 9.97 Å². The van der Waals surface area contributed by atoms with Gasteiger partial charge in [-0.3, -0.25) is 0 Å². The summed E-state index contributed by atoms with van der Waals surface area (Å²) in [5, 5.41) is 0. The normalized spacial score (nSPS) is 10.3. The van der Waals surface area contributed by atoms with Gasteiger partial charge in [0.05, 0.1) is 11.6 Å². The van der Waals surface area contributed by atoms with Gasteiger partial charge < -0.3 is 9.72 Å². The Bertz CT molecular complexity index is 610. The van der Waals surface area contributed by atoms with Crippen LogP contribution in [-0.4, -0.2) is 17.1 Å². The zero-order valence-electron chi connectivity index (χ0n) is 9.45. The number of H-pyrrole nitrogens is 1. The van der Waals surface area contributed by atoms with Crippen LogP contribution < -0.4 is 4.74 Å². The summed E-state index contributed by atoms with van der Waals surface area (Å²) in [6.45, 7) is 2.00. The topological polar surface area (TPSA) is 37.9 Å². The third kappa shape index (κ3) is 2.56. The molecule has 1 aromatic heterocycles. The SMILES string of the molecule is COc1ccc(-c2ncc(Br)c(=S)[nH]2)cc1C. The number of nitrogens with one attached hydrogen (secondary N) is 1. The van der Waals surface area contributed by atoms with Gasteiger partial charge in [0.25, 0.3) is 0 Å². The van der Waals surface area contributed by atoms with Gasteiger partial charge in [-0.1, -0.05) is 12.2 Å². The average molecular weight is 311 g/mol. The van der Waals surface area contributed by atoms with Crippen LogP contribution in [0.3, 0.4) is 0 Å². The number of hydrogen-bond donors (Lipinski definition) is 1. The molecule has 2 aromatic rings. The highest BCUT2D eigenvalue weighted by Gasteiger charge is 2.04. The summed E-state index contributed by atoms with van der Waals surface area (Å²) in [7, 11) is 1.66. The summed E-state index contributed by atoms with van der Waals surface area (Å²) in [5.74, 6) is 1.62. The predicted octanol–water partition coefficient (Wildman–Crippen LogP) is 3.89. The molecule has 0 spiro atoms. The standard InChI is InChI=1S/C12H11BrN2OS/c1-7-5-8(3-4-10(7)16-2)11-14-6-9(13)12(17)15-11/h3-6H,1-2H3,(H,14,15,17). The number of methoxy groups -OCH3 is 1. The van der Waals surface area contributed by atoms with Crippen molar-refractivity contribution in [3.05, 3.63) is 39.1 Å². The molecular formula is C12H11BrN2OS. The van der Waals surface area contributed by atoms with Crippen molar-refractivity contribution in [2.24, 2.45) is 0 Å². The Hall–Kier alpha value is -1.20. The Morgan fingerprint density at radius 2 is 2.18 bits per heavy atom. The van der Waals surface area contributed by atoms with E-state index in [9.17, 15) is 0 Å². The van der Waals surface area contributed by atoms with E-state index in [1.54, 1.807) is 13.3 Å². The highest BCUT2D eigenvalue weighted by Crippen LogP contribution is 2.24. The van der Waals surface area contributed by atoms with E-state index in [1.807, 2.05) is 25.1 Å². The van der Waals surface area contributed by atoms with Crippen LogP contribution in [0.25, 0.3) is 11.4 Å². The summed E-state index contributed by atoms with van der Waals surface area (Å²) in [6, 6.07) is 5.89. The molecule has 0 atom stereocenters. The van der Waals surface area contributed by atoms with Crippen LogP contribution in [-0.2, 0) is 0 Å². The fourth-order valence-electron chi connectivity index (χ4n) is 1.55. The Morgan fingerprint density at radius 1 is 1.41 bits per heavy atom. The molecule has 0 fully saturated rings. The molecule has 2 rings (SSSR count). The van der Waals surface area contributed by atoms with Crippen molar-refractivity contribution in [3.63, 3.8) is 0 Å². The summed E-state index contributed by atoms with van der Waals surface area (Å²) in [5.41, 5.74) is 2.05. The molecule has 3 nitrogen and oxygen atoms in total. The highest BCUT2D eigenvalue weighted by atomic mass is 79.9. The van der Waals surface area contributed by atoms with E-state index in [0.717, 1.165) is 27.2 Å². The van der Waals surface area contributed by atoms with E-state index in [4.69, 9.17) is 17.0 Å². The lowest BCUT2D eigenvalue weighted by molar-refractivity contribution is 0.412. The van der Waals surface area contributed by atoms with Crippen LogP contribution in [0.1, 0.15) is 5.56 Å². The number of rotatable bonds is 2. The fourth-order valence-corrected chi connectivity index (χ4v) is 1.90. The van der Waals surface area contributed by atoms with E-state index in [1.165, 1.54) is 0 Å². The third-order valence-electron chi connectivity index (χ3n) is 2.42. The molecule has 0 saturated heterocycles. The lowest BCUT2D eigenvalue weighted by Gasteiger charge is -2.07. The van der Waals surface area contributed by atoms with Gasteiger partial charge in [-0.2, -0.15) is 0 Å². The first-order valence-corrected chi connectivity index (χ1v) is 6.22. The first kappa shape index (κ1) is 12.3.